The third kappa shape index (κ3) is 4.30. The predicted octanol–water partition coefficient (Wildman–Crippen LogP) is 4.01. The molecule has 4 aromatic rings. The number of halogens is 3. The molecule has 1 aliphatic heterocycles. The molecular weight excluding hydrogens is 464 g/mol. The number of benzene rings is 1. The number of fused-ring (bicyclic) bond motifs is 1. The van der Waals surface area contributed by atoms with Gasteiger partial charge in [-0.05, 0) is 25.1 Å². The van der Waals surface area contributed by atoms with Crippen molar-refractivity contribution < 1.29 is 13.5 Å². The van der Waals surface area contributed by atoms with Gasteiger partial charge in [0.1, 0.15) is 23.1 Å². The van der Waals surface area contributed by atoms with Crippen molar-refractivity contribution in [1.29, 1.82) is 0 Å². The number of anilines is 1. The van der Waals surface area contributed by atoms with E-state index in [4.69, 9.17) is 21.3 Å². The first-order valence-electron chi connectivity index (χ1n) is 10.8. The third-order valence-corrected chi connectivity index (χ3v) is 5.95. The van der Waals surface area contributed by atoms with Gasteiger partial charge in [0.15, 0.2) is 5.65 Å². The number of imidazole rings is 1. The summed E-state index contributed by atoms with van der Waals surface area (Å²) in [7, 11) is 1.90. The smallest absolute Gasteiger partial charge is 0.228 e. The van der Waals surface area contributed by atoms with Gasteiger partial charge in [-0.1, -0.05) is 11.6 Å². The number of rotatable bonds is 5. The van der Waals surface area contributed by atoms with E-state index in [-0.39, 0.29) is 28.8 Å². The SMILES string of the molecule is Cc1nc2nc(N3CCO[C@@H](c4cn(C)cn4)C3)nc(-c3ccc(Cl)cc3F)c2nc1CCF. The summed E-state index contributed by atoms with van der Waals surface area (Å²) in [5.41, 5.74) is 3.00. The van der Waals surface area contributed by atoms with Gasteiger partial charge in [0, 0.05) is 36.8 Å². The lowest BCUT2D eigenvalue weighted by Gasteiger charge is -2.32. The lowest BCUT2D eigenvalue weighted by atomic mass is 10.1. The Morgan fingerprint density at radius 1 is 1.21 bits per heavy atom. The first-order valence-corrected chi connectivity index (χ1v) is 11.2. The van der Waals surface area contributed by atoms with E-state index in [0.717, 1.165) is 5.69 Å². The number of hydrogen-bond donors (Lipinski definition) is 0. The molecule has 1 fully saturated rings. The highest BCUT2D eigenvalue weighted by molar-refractivity contribution is 6.30. The summed E-state index contributed by atoms with van der Waals surface area (Å²) < 4.78 is 35.8. The van der Waals surface area contributed by atoms with Gasteiger partial charge < -0.3 is 14.2 Å². The molecule has 1 atom stereocenters. The fraction of sp³-hybridized carbons (Fsp3) is 0.348. The number of morpholine rings is 1. The summed E-state index contributed by atoms with van der Waals surface area (Å²) in [6.45, 7) is 2.65. The third-order valence-electron chi connectivity index (χ3n) is 5.71. The van der Waals surface area contributed by atoms with Crippen molar-refractivity contribution in [3.63, 3.8) is 0 Å². The monoisotopic (exact) mass is 485 g/mol. The Bertz CT molecular complexity index is 1360. The van der Waals surface area contributed by atoms with E-state index in [1.165, 1.54) is 6.07 Å². The fourth-order valence-electron chi connectivity index (χ4n) is 4.00. The molecule has 34 heavy (non-hydrogen) atoms. The van der Waals surface area contributed by atoms with Crippen LogP contribution in [0.3, 0.4) is 0 Å². The van der Waals surface area contributed by atoms with Crippen molar-refractivity contribution in [2.75, 3.05) is 31.3 Å². The highest BCUT2D eigenvalue weighted by Crippen LogP contribution is 2.32. The average Bonchev–Trinajstić information content (AvgIpc) is 3.26. The van der Waals surface area contributed by atoms with Crippen LogP contribution in [-0.2, 0) is 18.2 Å². The summed E-state index contributed by atoms with van der Waals surface area (Å²) in [5.74, 6) is -0.158. The molecule has 0 N–H and O–H groups in total. The van der Waals surface area contributed by atoms with Gasteiger partial charge in [-0.25, -0.2) is 24.3 Å². The number of ether oxygens (including phenoxy) is 1. The quantitative estimate of drug-likeness (QED) is 0.422. The van der Waals surface area contributed by atoms with Gasteiger partial charge in [0.2, 0.25) is 5.95 Å². The van der Waals surface area contributed by atoms with Crippen LogP contribution in [0.25, 0.3) is 22.4 Å². The molecule has 11 heteroatoms. The molecule has 176 valence electrons. The largest absolute Gasteiger partial charge is 0.368 e. The van der Waals surface area contributed by atoms with Crippen molar-refractivity contribution in [3.05, 3.63) is 58.6 Å². The van der Waals surface area contributed by atoms with Crippen LogP contribution in [0.2, 0.25) is 5.02 Å². The summed E-state index contributed by atoms with van der Waals surface area (Å²) in [4.78, 5) is 24.8. The Morgan fingerprint density at radius 3 is 2.79 bits per heavy atom. The Labute approximate surface area is 199 Å². The van der Waals surface area contributed by atoms with Crippen molar-refractivity contribution in [2.24, 2.45) is 7.05 Å². The maximum Gasteiger partial charge on any atom is 0.228 e. The van der Waals surface area contributed by atoms with Gasteiger partial charge in [0.25, 0.3) is 0 Å². The van der Waals surface area contributed by atoms with Crippen LogP contribution >= 0.6 is 11.6 Å². The van der Waals surface area contributed by atoms with Gasteiger partial charge in [-0.3, -0.25) is 4.39 Å². The highest BCUT2D eigenvalue weighted by atomic mass is 35.5. The van der Waals surface area contributed by atoms with E-state index in [9.17, 15) is 8.78 Å². The minimum absolute atomic E-state index is 0.105. The summed E-state index contributed by atoms with van der Waals surface area (Å²) in [5, 5.41) is 0.270. The molecule has 8 nitrogen and oxygen atoms in total. The van der Waals surface area contributed by atoms with Gasteiger partial charge >= 0.3 is 0 Å². The molecule has 0 bridgehead atoms. The van der Waals surface area contributed by atoms with Crippen LogP contribution < -0.4 is 4.90 Å². The Hall–Kier alpha value is -3.24. The van der Waals surface area contributed by atoms with E-state index in [1.807, 2.05) is 22.7 Å². The minimum Gasteiger partial charge on any atom is -0.368 e. The average molecular weight is 486 g/mol. The summed E-state index contributed by atoms with van der Waals surface area (Å²) >= 11 is 5.97. The molecule has 0 spiro atoms. The highest BCUT2D eigenvalue weighted by Gasteiger charge is 2.27. The molecule has 3 aromatic heterocycles. The number of aromatic nitrogens is 6. The molecule has 0 amide bonds. The van der Waals surface area contributed by atoms with Crippen molar-refractivity contribution in [1.82, 2.24) is 29.5 Å². The molecule has 5 rings (SSSR count). The number of hydrogen-bond acceptors (Lipinski definition) is 7. The first kappa shape index (κ1) is 22.5. The van der Waals surface area contributed by atoms with Crippen LogP contribution in [0.15, 0.2) is 30.7 Å². The summed E-state index contributed by atoms with van der Waals surface area (Å²) in [6, 6.07) is 4.36. The molecule has 1 saturated heterocycles. The van der Waals surface area contributed by atoms with Gasteiger partial charge in [-0.15, -0.1) is 0 Å². The Kier molecular flexibility index (Phi) is 6.09. The van der Waals surface area contributed by atoms with Gasteiger partial charge in [-0.2, -0.15) is 4.98 Å². The van der Waals surface area contributed by atoms with Gasteiger partial charge in [0.05, 0.1) is 43.2 Å². The predicted molar refractivity (Wildman–Crippen MR) is 124 cm³/mol. The molecule has 0 saturated carbocycles. The van der Waals surface area contributed by atoms with Crippen molar-refractivity contribution in [3.8, 4) is 11.3 Å². The van der Waals surface area contributed by atoms with Crippen molar-refractivity contribution in [2.45, 2.75) is 19.4 Å². The second kappa shape index (κ2) is 9.19. The zero-order valence-corrected chi connectivity index (χ0v) is 19.4. The van der Waals surface area contributed by atoms with Crippen LogP contribution in [0, 0.1) is 12.7 Å². The lowest BCUT2D eigenvalue weighted by molar-refractivity contribution is 0.0367. The second-order valence-electron chi connectivity index (χ2n) is 8.13. The fourth-order valence-corrected chi connectivity index (χ4v) is 4.16. The second-order valence-corrected chi connectivity index (χ2v) is 8.57. The molecule has 0 aliphatic carbocycles. The zero-order chi connectivity index (χ0) is 23.8. The van der Waals surface area contributed by atoms with Crippen LogP contribution in [0.1, 0.15) is 23.2 Å². The van der Waals surface area contributed by atoms with E-state index >= 15 is 0 Å². The maximum absolute atomic E-state index is 15.0. The first-order chi connectivity index (χ1) is 16.4. The number of nitrogens with zero attached hydrogens (tertiary/aromatic N) is 7. The zero-order valence-electron chi connectivity index (χ0n) is 18.7. The van der Waals surface area contributed by atoms with E-state index in [2.05, 4.69) is 19.9 Å². The molecule has 4 heterocycles. The van der Waals surface area contributed by atoms with E-state index < -0.39 is 12.5 Å². The van der Waals surface area contributed by atoms with Crippen LogP contribution in [0.4, 0.5) is 14.7 Å². The minimum atomic E-state index is -0.576. The standard InChI is InChI=1S/C23H22ClF2N7O/c1-13-17(5-6-25)29-21-20(15-4-3-14(24)9-16(15)26)30-23(31-22(21)28-13)33-7-8-34-19(11-33)18-10-32(2)12-27-18/h3-4,9-10,12,19H,5-8,11H2,1-2H3/t19-/m1/s1. The topological polar surface area (TPSA) is 81.9 Å². The van der Waals surface area contributed by atoms with Crippen LogP contribution in [0.5, 0.6) is 0 Å². The normalized spacial score (nSPS) is 16.4. The van der Waals surface area contributed by atoms with E-state index in [1.54, 1.807) is 25.4 Å². The molecule has 1 aliphatic rings. The molecular formula is C23H22ClF2N7O. The number of alkyl halides is 1. The number of aryl methyl sites for hydroxylation is 3. The summed E-state index contributed by atoms with van der Waals surface area (Å²) in [6.07, 6.45) is 3.48. The Balaban J connectivity index is 1.63. The molecule has 0 unspecified atom stereocenters. The van der Waals surface area contributed by atoms with Crippen molar-refractivity contribution >= 4 is 28.7 Å². The van der Waals surface area contributed by atoms with Crippen LogP contribution in [-0.4, -0.2) is 55.9 Å². The molecule has 1 aromatic carbocycles. The van der Waals surface area contributed by atoms with E-state index in [0.29, 0.717) is 48.2 Å². The lowest BCUT2D eigenvalue weighted by Crippen LogP contribution is -2.39. The maximum atomic E-state index is 15.0. The Morgan fingerprint density at radius 2 is 2.06 bits per heavy atom. The molecule has 0 radical (unpaired) electrons.